The van der Waals surface area contributed by atoms with Crippen molar-refractivity contribution in [1.29, 1.82) is 0 Å². The number of carbonyl (C=O) groups is 1. The lowest BCUT2D eigenvalue weighted by atomic mass is 10.1. The van der Waals surface area contributed by atoms with Crippen LogP contribution in [-0.4, -0.2) is 79.2 Å². The maximum absolute atomic E-state index is 16.2. The molecule has 0 atom stereocenters. The van der Waals surface area contributed by atoms with Crippen LogP contribution in [0.25, 0.3) is 44.7 Å². The van der Waals surface area contributed by atoms with Crippen LogP contribution in [0.5, 0.6) is 0 Å². The number of hydrogen-bond acceptors (Lipinski definition) is 8. The molecule has 1 saturated heterocycles. The second kappa shape index (κ2) is 10.6. The van der Waals surface area contributed by atoms with Crippen molar-refractivity contribution in [2.75, 3.05) is 43.4 Å². The molecule has 1 aromatic carbocycles. The highest BCUT2D eigenvalue weighted by Crippen LogP contribution is 2.34. The molecule has 0 bridgehead atoms. The van der Waals surface area contributed by atoms with Gasteiger partial charge in [0.2, 0.25) is 5.91 Å². The van der Waals surface area contributed by atoms with Gasteiger partial charge in [-0.3, -0.25) is 14.9 Å². The second-order valence-corrected chi connectivity index (χ2v) is 10.4. The van der Waals surface area contributed by atoms with Crippen molar-refractivity contribution in [3.8, 4) is 22.6 Å². The molecule has 210 valence electrons. The van der Waals surface area contributed by atoms with E-state index in [0.717, 1.165) is 43.1 Å². The first kappa shape index (κ1) is 25.7. The third-order valence-corrected chi connectivity index (χ3v) is 7.48. The smallest absolute Gasteiger partial charge is 0.228 e. The Kier molecular flexibility index (Phi) is 6.51. The predicted octanol–water partition coefficient (Wildman–Crippen LogP) is 4.03. The largest absolute Gasteiger partial charge is 0.352 e. The zero-order chi connectivity index (χ0) is 28.6. The highest BCUT2D eigenvalue weighted by molar-refractivity contribution is 5.96. The fourth-order valence-electron chi connectivity index (χ4n) is 5.25. The van der Waals surface area contributed by atoms with Crippen molar-refractivity contribution in [1.82, 2.24) is 40.0 Å². The number of rotatable bonds is 6. The molecule has 5 aromatic heterocycles. The summed E-state index contributed by atoms with van der Waals surface area (Å²) < 4.78 is 16.2. The SMILES string of the molecule is CN1CCN(c2nccc3[nH]c(-c4[nH]nc5ncc(-c6cncc(NC(=O)Cc7ccccc7)c6)c(F)c45)nc23)CC1. The van der Waals surface area contributed by atoms with Crippen molar-refractivity contribution in [2.24, 2.45) is 0 Å². The highest BCUT2D eigenvalue weighted by atomic mass is 19.1. The number of pyridine rings is 3. The van der Waals surface area contributed by atoms with Crippen LogP contribution in [-0.2, 0) is 11.2 Å². The number of hydrogen-bond donors (Lipinski definition) is 3. The highest BCUT2D eigenvalue weighted by Gasteiger charge is 2.23. The Morgan fingerprint density at radius 2 is 1.88 bits per heavy atom. The van der Waals surface area contributed by atoms with E-state index in [1.165, 1.54) is 18.6 Å². The quantitative estimate of drug-likeness (QED) is 0.277. The van der Waals surface area contributed by atoms with Crippen molar-refractivity contribution >= 4 is 39.5 Å². The number of amides is 1. The Labute approximate surface area is 239 Å². The number of anilines is 2. The summed E-state index contributed by atoms with van der Waals surface area (Å²) in [6.45, 7) is 3.57. The number of aromatic nitrogens is 7. The van der Waals surface area contributed by atoms with Gasteiger partial charge < -0.3 is 20.1 Å². The van der Waals surface area contributed by atoms with Crippen molar-refractivity contribution in [3.63, 3.8) is 0 Å². The van der Waals surface area contributed by atoms with Crippen molar-refractivity contribution in [3.05, 3.63) is 78.6 Å². The first-order valence-electron chi connectivity index (χ1n) is 13.6. The van der Waals surface area contributed by atoms with E-state index in [1.807, 2.05) is 36.4 Å². The summed E-state index contributed by atoms with van der Waals surface area (Å²) in [6, 6.07) is 13.0. The number of H-pyrrole nitrogens is 2. The molecule has 0 unspecified atom stereocenters. The molecule has 1 aliphatic rings. The first-order chi connectivity index (χ1) is 20.5. The van der Waals surface area contributed by atoms with E-state index in [1.54, 1.807) is 12.3 Å². The third kappa shape index (κ3) is 4.81. The minimum absolute atomic E-state index is 0.193. The van der Waals surface area contributed by atoms with Gasteiger partial charge in [-0.2, -0.15) is 5.10 Å². The van der Waals surface area contributed by atoms with Gasteiger partial charge in [-0.25, -0.2) is 19.3 Å². The average molecular weight is 563 g/mol. The fourth-order valence-corrected chi connectivity index (χ4v) is 5.25. The Balaban J connectivity index is 1.21. The summed E-state index contributed by atoms with van der Waals surface area (Å²) in [6.07, 6.45) is 6.45. The molecule has 0 aliphatic carbocycles. The minimum Gasteiger partial charge on any atom is -0.352 e. The molecule has 1 fully saturated rings. The Morgan fingerprint density at radius 3 is 2.71 bits per heavy atom. The summed E-state index contributed by atoms with van der Waals surface area (Å²) in [5, 5.41) is 10.2. The van der Waals surface area contributed by atoms with Crippen LogP contribution in [0.3, 0.4) is 0 Å². The molecule has 0 radical (unpaired) electrons. The van der Waals surface area contributed by atoms with E-state index >= 15 is 4.39 Å². The van der Waals surface area contributed by atoms with Gasteiger partial charge in [0.05, 0.1) is 29.2 Å². The average Bonchev–Trinajstić information content (AvgIpc) is 3.63. The summed E-state index contributed by atoms with van der Waals surface area (Å²) in [7, 11) is 2.10. The number of halogens is 1. The predicted molar refractivity (Wildman–Crippen MR) is 158 cm³/mol. The van der Waals surface area contributed by atoms with Crippen LogP contribution in [0.4, 0.5) is 15.9 Å². The van der Waals surface area contributed by atoms with E-state index in [9.17, 15) is 4.79 Å². The molecule has 6 heterocycles. The number of aromatic amines is 2. The number of fused-ring (bicyclic) bond motifs is 2. The second-order valence-electron chi connectivity index (χ2n) is 10.4. The molecule has 42 heavy (non-hydrogen) atoms. The molecular weight excluding hydrogens is 535 g/mol. The van der Waals surface area contributed by atoms with E-state index in [-0.39, 0.29) is 28.9 Å². The number of piperazine rings is 1. The van der Waals surface area contributed by atoms with Crippen molar-refractivity contribution in [2.45, 2.75) is 6.42 Å². The topological polar surface area (TPSA) is 132 Å². The molecule has 11 nitrogen and oxygen atoms in total. The maximum Gasteiger partial charge on any atom is 0.228 e. The maximum atomic E-state index is 16.2. The van der Waals surface area contributed by atoms with Gasteiger partial charge >= 0.3 is 0 Å². The van der Waals surface area contributed by atoms with Crippen LogP contribution in [0.2, 0.25) is 0 Å². The molecule has 0 saturated carbocycles. The fraction of sp³-hybridized carbons (Fsp3) is 0.200. The lowest BCUT2D eigenvalue weighted by Gasteiger charge is -2.33. The monoisotopic (exact) mass is 562 g/mol. The van der Waals surface area contributed by atoms with Crippen LogP contribution in [0, 0.1) is 5.82 Å². The summed E-state index contributed by atoms with van der Waals surface area (Å²) in [4.78, 5) is 38.5. The third-order valence-electron chi connectivity index (χ3n) is 7.48. The molecule has 1 amide bonds. The summed E-state index contributed by atoms with van der Waals surface area (Å²) in [5.41, 5.74) is 4.18. The lowest BCUT2D eigenvalue weighted by Crippen LogP contribution is -2.44. The van der Waals surface area contributed by atoms with Gasteiger partial charge in [-0.1, -0.05) is 30.3 Å². The molecule has 12 heteroatoms. The molecule has 7 rings (SSSR count). The Bertz CT molecular complexity index is 1910. The number of benzene rings is 1. The van der Waals surface area contributed by atoms with E-state index in [4.69, 9.17) is 4.98 Å². The van der Waals surface area contributed by atoms with E-state index < -0.39 is 5.82 Å². The van der Waals surface area contributed by atoms with Gasteiger partial charge in [0.15, 0.2) is 17.3 Å². The number of carbonyl (C=O) groups excluding carboxylic acids is 1. The van der Waals surface area contributed by atoms with Gasteiger partial charge in [0, 0.05) is 55.9 Å². The molecule has 0 spiro atoms. The van der Waals surface area contributed by atoms with Crippen LogP contribution < -0.4 is 10.2 Å². The molecule has 3 N–H and O–H groups in total. The molecule has 6 aromatic rings. The van der Waals surface area contributed by atoms with Gasteiger partial charge in [0.1, 0.15) is 17.0 Å². The Morgan fingerprint density at radius 1 is 1.05 bits per heavy atom. The standard InChI is InChI=1S/C30H27FN10O/c1-40-9-11-41(12-10-40)30-26-22(7-8-33-30)36-29(37-26)27-24-25(31)21(17-34-28(24)39-38-27)19-14-20(16-32-15-19)35-23(42)13-18-5-3-2-4-6-18/h2-8,14-17H,9-13H2,1H3,(H,35,42)(H,36,37)(H,34,38,39). The van der Waals surface area contributed by atoms with E-state index in [0.29, 0.717) is 28.3 Å². The lowest BCUT2D eigenvalue weighted by molar-refractivity contribution is -0.115. The zero-order valence-corrected chi connectivity index (χ0v) is 22.8. The molecular formula is C30H27FN10O. The number of likely N-dealkylation sites (N-methyl/N-ethyl adjacent to an activating group) is 1. The van der Waals surface area contributed by atoms with Crippen LogP contribution in [0.15, 0.2) is 67.3 Å². The summed E-state index contributed by atoms with van der Waals surface area (Å²) >= 11 is 0. The minimum atomic E-state index is -0.517. The molecule has 1 aliphatic heterocycles. The Hall–Kier alpha value is -5.23. The van der Waals surface area contributed by atoms with Crippen molar-refractivity contribution < 1.29 is 9.18 Å². The van der Waals surface area contributed by atoms with Gasteiger partial charge in [0.25, 0.3) is 0 Å². The van der Waals surface area contributed by atoms with Crippen LogP contribution in [0.1, 0.15) is 5.56 Å². The number of imidazole rings is 1. The summed E-state index contributed by atoms with van der Waals surface area (Å²) in [5.74, 6) is 0.523. The van der Waals surface area contributed by atoms with Gasteiger partial charge in [-0.15, -0.1) is 0 Å². The zero-order valence-electron chi connectivity index (χ0n) is 22.8. The number of nitrogens with zero attached hydrogens (tertiary/aromatic N) is 7. The van der Waals surface area contributed by atoms with Gasteiger partial charge in [-0.05, 0) is 24.7 Å². The normalized spacial score (nSPS) is 14.1. The van der Waals surface area contributed by atoms with E-state index in [2.05, 4.69) is 52.3 Å². The first-order valence-corrected chi connectivity index (χ1v) is 13.6. The van der Waals surface area contributed by atoms with Crippen LogP contribution >= 0.6 is 0 Å². The number of nitrogens with one attached hydrogen (secondary N) is 3.